The number of urea groups is 1. The zero-order chi connectivity index (χ0) is 13.1. The van der Waals surface area contributed by atoms with Gasteiger partial charge in [0.15, 0.2) is 0 Å². The fourth-order valence-corrected chi connectivity index (χ4v) is 2.22. The summed E-state index contributed by atoms with van der Waals surface area (Å²) in [4.78, 5) is 22.3. The molecule has 6 heteroatoms. The van der Waals surface area contributed by atoms with Crippen molar-refractivity contribution in [3.05, 3.63) is 33.0 Å². The third-order valence-electron chi connectivity index (χ3n) is 2.29. The zero-order valence-electron chi connectivity index (χ0n) is 9.62. The molecule has 1 fully saturated rings. The molecule has 0 radical (unpaired) electrons. The standard InChI is InChI=1S/C12H11IN2O3/c1-2-18-10-4-3-7(5-8(10)13)6-9-11(16)15-12(17)14-9/h3-6H,2H2,1H3,(H2,14,15,16,17)/b9-6+. The van der Waals surface area contributed by atoms with E-state index in [2.05, 4.69) is 33.2 Å². The normalized spacial score (nSPS) is 16.7. The highest BCUT2D eigenvalue weighted by Crippen LogP contribution is 2.23. The number of carbonyl (C=O) groups excluding carboxylic acids is 2. The number of carbonyl (C=O) groups is 2. The van der Waals surface area contributed by atoms with Gasteiger partial charge < -0.3 is 10.1 Å². The van der Waals surface area contributed by atoms with E-state index in [1.54, 1.807) is 6.08 Å². The second-order valence-electron chi connectivity index (χ2n) is 3.59. The molecule has 1 heterocycles. The number of rotatable bonds is 3. The highest BCUT2D eigenvalue weighted by Gasteiger charge is 2.22. The lowest BCUT2D eigenvalue weighted by molar-refractivity contribution is -0.115. The monoisotopic (exact) mass is 358 g/mol. The zero-order valence-corrected chi connectivity index (χ0v) is 11.8. The Morgan fingerprint density at radius 3 is 2.67 bits per heavy atom. The Kier molecular flexibility index (Phi) is 3.85. The maximum atomic E-state index is 11.4. The molecule has 0 aliphatic carbocycles. The molecule has 1 aliphatic heterocycles. The number of ether oxygens (including phenoxy) is 1. The van der Waals surface area contributed by atoms with E-state index in [0.717, 1.165) is 14.9 Å². The van der Waals surface area contributed by atoms with Crippen molar-refractivity contribution in [2.75, 3.05) is 6.61 Å². The summed E-state index contributed by atoms with van der Waals surface area (Å²) in [5, 5.41) is 4.59. The molecule has 1 aliphatic rings. The molecule has 0 bridgehead atoms. The van der Waals surface area contributed by atoms with Crippen molar-refractivity contribution in [3.8, 4) is 5.75 Å². The quantitative estimate of drug-likeness (QED) is 0.493. The van der Waals surface area contributed by atoms with Gasteiger partial charge >= 0.3 is 6.03 Å². The molecule has 18 heavy (non-hydrogen) atoms. The molecule has 0 atom stereocenters. The Labute approximate surface area is 118 Å². The number of nitrogens with one attached hydrogen (secondary N) is 2. The molecular weight excluding hydrogens is 347 g/mol. The van der Waals surface area contributed by atoms with Crippen LogP contribution in [0, 0.1) is 3.57 Å². The summed E-state index contributed by atoms with van der Waals surface area (Å²) >= 11 is 2.16. The highest BCUT2D eigenvalue weighted by atomic mass is 127. The van der Waals surface area contributed by atoms with Crippen molar-refractivity contribution < 1.29 is 14.3 Å². The largest absolute Gasteiger partial charge is 0.493 e. The first-order chi connectivity index (χ1) is 8.60. The van der Waals surface area contributed by atoms with Crippen molar-refractivity contribution in [2.45, 2.75) is 6.92 Å². The molecule has 1 aromatic rings. The number of hydrogen-bond acceptors (Lipinski definition) is 3. The Morgan fingerprint density at radius 1 is 1.33 bits per heavy atom. The van der Waals surface area contributed by atoms with Crippen LogP contribution in [0.4, 0.5) is 4.79 Å². The van der Waals surface area contributed by atoms with Crippen LogP contribution < -0.4 is 15.4 Å². The second-order valence-corrected chi connectivity index (χ2v) is 4.75. The molecule has 2 N–H and O–H groups in total. The smallest absolute Gasteiger partial charge is 0.326 e. The summed E-state index contributed by atoms with van der Waals surface area (Å²) in [5.74, 6) is 0.393. The van der Waals surface area contributed by atoms with Gasteiger partial charge in [-0.3, -0.25) is 10.1 Å². The van der Waals surface area contributed by atoms with Crippen LogP contribution in [-0.2, 0) is 4.79 Å². The lowest BCUT2D eigenvalue weighted by Crippen LogP contribution is -2.22. The molecule has 0 saturated carbocycles. The van der Waals surface area contributed by atoms with Gasteiger partial charge in [-0.25, -0.2) is 4.79 Å². The van der Waals surface area contributed by atoms with Gasteiger partial charge in [-0.05, 0) is 53.3 Å². The van der Waals surface area contributed by atoms with Crippen molar-refractivity contribution in [1.29, 1.82) is 0 Å². The van der Waals surface area contributed by atoms with E-state index in [9.17, 15) is 9.59 Å². The highest BCUT2D eigenvalue weighted by molar-refractivity contribution is 14.1. The summed E-state index contributed by atoms with van der Waals surface area (Å²) in [7, 11) is 0. The Bertz CT molecular complexity index is 540. The Hall–Kier alpha value is -1.57. The summed E-state index contributed by atoms with van der Waals surface area (Å²) in [6, 6.07) is 5.06. The minimum Gasteiger partial charge on any atom is -0.493 e. The van der Waals surface area contributed by atoms with Crippen LogP contribution >= 0.6 is 22.6 Å². The van der Waals surface area contributed by atoms with E-state index < -0.39 is 11.9 Å². The Morgan fingerprint density at radius 2 is 2.11 bits per heavy atom. The van der Waals surface area contributed by atoms with Crippen molar-refractivity contribution in [1.82, 2.24) is 10.6 Å². The summed E-state index contributed by atoms with van der Waals surface area (Å²) in [5.41, 5.74) is 1.08. The number of benzene rings is 1. The maximum absolute atomic E-state index is 11.4. The van der Waals surface area contributed by atoms with E-state index in [4.69, 9.17) is 4.74 Å². The third kappa shape index (κ3) is 2.81. The van der Waals surface area contributed by atoms with Gasteiger partial charge in [-0.2, -0.15) is 0 Å². The maximum Gasteiger partial charge on any atom is 0.326 e. The van der Waals surface area contributed by atoms with Crippen LogP contribution in [0.25, 0.3) is 6.08 Å². The topological polar surface area (TPSA) is 67.4 Å². The summed E-state index contributed by atoms with van der Waals surface area (Å²) < 4.78 is 6.37. The van der Waals surface area contributed by atoms with E-state index in [-0.39, 0.29) is 5.70 Å². The van der Waals surface area contributed by atoms with Gasteiger partial charge in [0.1, 0.15) is 11.4 Å². The SMILES string of the molecule is CCOc1ccc(/C=C2/NC(=O)NC2=O)cc1I. The van der Waals surface area contributed by atoms with Gasteiger partial charge in [-0.1, -0.05) is 6.07 Å². The first kappa shape index (κ1) is 12.9. The molecule has 1 aromatic carbocycles. The Balaban J connectivity index is 2.25. The van der Waals surface area contributed by atoms with Crippen LogP contribution in [-0.4, -0.2) is 18.5 Å². The van der Waals surface area contributed by atoms with Crippen molar-refractivity contribution in [3.63, 3.8) is 0 Å². The fourth-order valence-electron chi connectivity index (χ4n) is 1.53. The average molecular weight is 358 g/mol. The number of hydrogen-bond donors (Lipinski definition) is 2. The number of amides is 3. The third-order valence-corrected chi connectivity index (χ3v) is 3.13. The van der Waals surface area contributed by atoms with Gasteiger partial charge in [0.2, 0.25) is 0 Å². The van der Waals surface area contributed by atoms with Gasteiger partial charge in [0.05, 0.1) is 10.2 Å². The molecular formula is C12H11IN2O3. The number of imide groups is 1. The average Bonchev–Trinajstić information content (AvgIpc) is 2.61. The lowest BCUT2D eigenvalue weighted by Gasteiger charge is -2.06. The molecule has 0 unspecified atom stereocenters. The molecule has 5 nitrogen and oxygen atoms in total. The predicted octanol–water partition coefficient (Wildman–Crippen LogP) is 1.87. The van der Waals surface area contributed by atoms with Crippen LogP contribution in [0.3, 0.4) is 0 Å². The van der Waals surface area contributed by atoms with E-state index in [1.807, 2.05) is 25.1 Å². The number of halogens is 1. The minimum atomic E-state index is -0.494. The molecule has 94 valence electrons. The fraction of sp³-hybridized carbons (Fsp3) is 0.167. The first-order valence-electron chi connectivity index (χ1n) is 5.36. The van der Waals surface area contributed by atoms with E-state index >= 15 is 0 Å². The summed E-state index contributed by atoms with van der Waals surface area (Å²) in [6.07, 6.45) is 1.62. The predicted molar refractivity (Wildman–Crippen MR) is 75.0 cm³/mol. The van der Waals surface area contributed by atoms with Crippen LogP contribution in [0.5, 0.6) is 5.75 Å². The summed E-state index contributed by atoms with van der Waals surface area (Å²) in [6.45, 7) is 2.53. The molecule has 0 spiro atoms. The van der Waals surface area contributed by atoms with Crippen LogP contribution in [0.15, 0.2) is 23.9 Å². The van der Waals surface area contributed by atoms with Gasteiger partial charge in [0.25, 0.3) is 5.91 Å². The molecule has 3 amide bonds. The molecule has 2 rings (SSSR count). The molecule has 0 aromatic heterocycles. The van der Waals surface area contributed by atoms with Crippen molar-refractivity contribution in [2.24, 2.45) is 0 Å². The van der Waals surface area contributed by atoms with E-state index in [0.29, 0.717) is 6.61 Å². The van der Waals surface area contributed by atoms with Crippen LogP contribution in [0.2, 0.25) is 0 Å². The van der Waals surface area contributed by atoms with Crippen molar-refractivity contribution >= 4 is 40.6 Å². The van der Waals surface area contributed by atoms with E-state index in [1.165, 1.54) is 0 Å². The molecule has 1 saturated heterocycles. The minimum absolute atomic E-state index is 0.250. The lowest BCUT2D eigenvalue weighted by atomic mass is 10.2. The van der Waals surface area contributed by atoms with Crippen LogP contribution in [0.1, 0.15) is 12.5 Å². The second kappa shape index (κ2) is 5.38. The van der Waals surface area contributed by atoms with Gasteiger partial charge in [-0.15, -0.1) is 0 Å². The first-order valence-corrected chi connectivity index (χ1v) is 6.44. The van der Waals surface area contributed by atoms with Gasteiger partial charge in [0, 0.05) is 0 Å².